The summed E-state index contributed by atoms with van der Waals surface area (Å²) in [7, 11) is 0. The molecule has 0 atom stereocenters. The van der Waals surface area contributed by atoms with E-state index in [-0.39, 0.29) is 5.91 Å². The molecule has 0 radical (unpaired) electrons. The lowest BCUT2D eigenvalue weighted by Crippen LogP contribution is -2.19. The van der Waals surface area contributed by atoms with Crippen LogP contribution in [0.2, 0.25) is 0 Å². The fraction of sp³-hybridized carbons (Fsp3) is 0.0625. The van der Waals surface area contributed by atoms with Gasteiger partial charge in [0.2, 0.25) is 5.91 Å². The van der Waals surface area contributed by atoms with Crippen molar-refractivity contribution in [1.29, 1.82) is 5.26 Å². The Kier molecular flexibility index (Phi) is 3.46. The van der Waals surface area contributed by atoms with Crippen LogP contribution in [0.4, 0.5) is 21.9 Å². The molecule has 2 aromatic rings. The Hall–Kier alpha value is -3.33. The third kappa shape index (κ3) is 2.88. The number of fused-ring (bicyclic) bond motifs is 1. The van der Waals surface area contributed by atoms with Crippen molar-refractivity contribution in [2.45, 2.75) is 6.42 Å². The van der Waals surface area contributed by atoms with E-state index in [4.69, 9.17) is 5.26 Å². The molecule has 1 aliphatic rings. The Balaban J connectivity index is 1.68. The molecule has 3 amide bonds. The van der Waals surface area contributed by atoms with Gasteiger partial charge in [-0.25, -0.2) is 4.79 Å². The molecule has 0 fully saturated rings. The maximum absolute atomic E-state index is 12.0. The second kappa shape index (κ2) is 5.58. The topological polar surface area (TPSA) is 94.0 Å². The minimum absolute atomic E-state index is 0.0510. The lowest BCUT2D eigenvalue weighted by molar-refractivity contribution is -0.115. The fourth-order valence-corrected chi connectivity index (χ4v) is 2.25. The first-order chi connectivity index (χ1) is 10.6. The summed E-state index contributed by atoms with van der Waals surface area (Å²) in [6.45, 7) is 0. The van der Waals surface area contributed by atoms with Gasteiger partial charge in [-0.15, -0.1) is 0 Å². The molecule has 0 unspecified atom stereocenters. The Bertz CT molecular complexity index is 808. The average molecular weight is 292 g/mol. The molecule has 1 heterocycles. The number of nitrogens with one attached hydrogen (secondary N) is 3. The highest BCUT2D eigenvalue weighted by Gasteiger charge is 2.17. The van der Waals surface area contributed by atoms with Crippen LogP contribution in [-0.2, 0) is 11.2 Å². The molecule has 3 N–H and O–H groups in total. The molecule has 0 saturated carbocycles. The van der Waals surface area contributed by atoms with E-state index in [1.54, 1.807) is 42.5 Å². The van der Waals surface area contributed by atoms with Crippen LogP contribution >= 0.6 is 0 Å². The van der Waals surface area contributed by atoms with Crippen LogP contribution in [-0.4, -0.2) is 11.9 Å². The number of urea groups is 1. The van der Waals surface area contributed by atoms with E-state index in [0.29, 0.717) is 29.0 Å². The van der Waals surface area contributed by atoms with E-state index < -0.39 is 6.03 Å². The van der Waals surface area contributed by atoms with Crippen LogP contribution in [0, 0.1) is 11.3 Å². The summed E-state index contributed by atoms with van der Waals surface area (Å²) in [5.41, 5.74) is 3.21. The second-order valence-electron chi connectivity index (χ2n) is 4.87. The molecular weight excluding hydrogens is 280 g/mol. The molecule has 1 aliphatic heterocycles. The molecule has 0 bridgehead atoms. The third-order valence-electron chi connectivity index (χ3n) is 3.24. The third-order valence-corrected chi connectivity index (χ3v) is 3.24. The largest absolute Gasteiger partial charge is 0.325 e. The standard InChI is InChI=1S/C16H12N4O2/c17-9-10-2-1-3-12(6-10)18-16(22)19-13-5-4-11-7-15(21)20-14(11)8-13/h1-6,8H,7H2,(H,20,21)(H2,18,19,22). The number of carbonyl (C=O) groups is 2. The summed E-state index contributed by atoms with van der Waals surface area (Å²) < 4.78 is 0. The summed E-state index contributed by atoms with van der Waals surface area (Å²) in [6, 6.07) is 13.5. The highest BCUT2D eigenvalue weighted by molar-refractivity contribution is 6.02. The summed E-state index contributed by atoms with van der Waals surface area (Å²) in [5.74, 6) is -0.0510. The number of nitriles is 1. The van der Waals surface area contributed by atoms with E-state index in [2.05, 4.69) is 16.0 Å². The number of nitrogens with zero attached hydrogens (tertiary/aromatic N) is 1. The van der Waals surface area contributed by atoms with Crippen molar-refractivity contribution in [1.82, 2.24) is 0 Å². The molecule has 108 valence electrons. The number of benzene rings is 2. The molecule has 0 aromatic heterocycles. The number of carbonyl (C=O) groups excluding carboxylic acids is 2. The van der Waals surface area contributed by atoms with E-state index >= 15 is 0 Å². The van der Waals surface area contributed by atoms with Gasteiger partial charge in [0.25, 0.3) is 0 Å². The molecule has 6 nitrogen and oxygen atoms in total. The highest BCUT2D eigenvalue weighted by Crippen LogP contribution is 2.26. The maximum atomic E-state index is 12.0. The number of rotatable bonds is 2. The van der Waals surface area contributed by atoms with Crippen molar-refractivity contribution in [2.75, 3.05) is 16.0 Å². The first-order valence-corrected chi connectivity index (χ1v) is 6.65. The highest BCUT2D eigenvalue weighted by atomic mass is 16.2. The van der Waals surface area contributed by atoms with Crippen molar-refractivity contribution in [2.24, 2.45) is 0 Å². The van der Waals surface area contributed by atoms with E-state index in [0.717, 1.165) is 5.56 Å². The first kappa shape index (κ1) is 13.6. The Morgan fingerprint density at radius 2 is 1.91 bits per heavy atom. The van der Waals surface area contributed by atoms with Crippen LogP contribution in [0.25, 0.3) is 0 Å². The minimum Gasteiger partial charge on any atom is -0.325 e. The van der Waals surface area contributed by atoms with Crippen molar-refractivity contribution in [3.05, 3.63) is 53.6 Å². The molecule has 3 rings (SSSR count). The van der Waals surface area contributed by atoms with Gasteiger partial charge in [0.05, 0.1) is 18.1 Å². The molecular formula is C16H12N4O2. The van der Waals surface area contributed by atoms with Gasteiger partial charge in [0.15, 0.2) is 0 Å². The van der Waals surface area contributed by atoms with E-state index in [1.165, 1.54) is 0 Å². The monoisotopic (exact) mass is 292 g/mol. The van der Waals surface area contributed by atoms with Crippen molar-refractivity contribution < 1.29 is 9.59 Å². The van der Waals surface area contributed by atoms with Crippen LogP contribution in [0.1, 0.15) is 11.1 Å². The summed E-state index contributed by atoms with van der Waals surface area (Å²) in [5, 5.41) is 16.9. The first-order valence-electron chi connectivity index (χ1n) is 6.65. The number of anilines is 3. The molecule has 2 aromatic carbocycles. The zero-order valence-corrected chi connectivity index (χ0v) is 11.5. The Morgan fingerprint density at radius 3 is 2.68 bits per heavy atom. The van der Waals surface area contributed by atoms with Crippen molar-refractivity contribution in [3.8, 4) is 6.07 Å². The van der Waals surface area contributed by atoms with Gasteiger partial charge >= 0.3 is 6.03 Å². The van der Waals surface area contributed by atoms with Crippen LogP contribution in [0.3, 0.4) is 0 Å². The van der Waals surface area contributed by atoms with Gasteiger partial charge in [0, 0.05) is 17.1 Å². The van der Waals surface area contributed by atoms with Gasteiger partial charge in [-0.05, 0) is 35.9 Å². The summed E-state index contributed by atoms with van der Waals surface area (Å²) in [4.78, 5) is 23.3. The van der Waals surface area contributed by atoms with Crippen molar-refractivity contribution >= 4 is 29.0 Å². The molecule has 6 heteroatoms. The second-order valence-corrected chi connectivity index (χ2v) is 4.87. The Morgan fingerprint density at radius 1 is 1.14 bits per heavy atom. The zero-order valence-electron chi connectivity index (χ0n) is 11.5. The molecule has 0 spiro atoms. The summed E-state index contributed by atoms with van der Waals surface area (Å²) in [6.07, 6.45) is 0.364. The normalized spacial score (nSPS) is 12.0. The lowest BCUT2D eigenvalue weighted by atomic mass is 10.1. The quantitative estimate of drug-likeness (QED) is 0.794. The van der Waals surface area contributed by atoms with Crippen LogP contribution in [0.5, 0.6) is 0 Å². The Labute approximate surface area is 126 Å². The zero-order chi connectivity index (χ0) is 15.5. The maximum Gasteiger partial charge on any atom is 0.323 e. The molecule has 0 saturated heterocycles. The van der Waals surface area contributed by atoms with Gasteiger partial charge in [0.1, 0.15) is 0 Å². The van der Waals surface area contributed by atoms with E-state index in [1.807, 2.05) is 6.07 Å². The number of hydrogen-bond acceptors (Lipinski definition) is 3. The lowest BCUT2D eigenvalue weighted by Gasteiger charge is -2.09. The smallest absolute Gasteiger partial charge is 0.323 e. The summed E-state index contributed by atoms with van der Waals surface area (Å²) >= 11 is 0. The van der Waals surface area contributed by atoms with Crippen LogP contribution < -0.4 is 16.0 Å². The number of amides is 3. The number of hydrogen-bond donors (Lipinski definition) is 3. The predicted octanol–water partition coefficient (Wildman–Crippen LogP) is 2.70. The van der Waals surface area contributed by atoms with Crippen molar-refractivity contribution in [3.63, 3.8) is 0 Å². The molecule has 0 aliphatic carbocycles. The van der Waals surface area contributed by atoms with Gasteiger partial charge in [-0.3, -0.25) is 4.79 Å². The van der Waals surface area contributed by atoms with Gasteiger partial charge in [-0.1, -0.05) is 12.1 Å². The SMILES string of the molecule is N#Cc1cccc(NC(=O)Nc2ccc3c(c2)NC(=O)C3)c1. The van der Waals surface area contributed by atoms with Gasteiger partial charge < -0.3 is 16.0 Å². The van der Waals surface area contributed by atoms with Crippen LogP contribution in [0.15, 0.2) is 42.5 Å². The predicted molar refractivity (Wildman–Crippen MR) is 82.6 cm³/mol. The average Bonchev–Trinajstić information content (AvgIpc) is 2.86. The van der Waals surface area contributed by atoms with Gasteiger partial charge in [-0.2, -0.15) is 5.26 Å². The molecule has 22 heavy (non-hydrogen) atoms. The van der Waals surface area contributed by atoms with E-state index in [9.17, 15) is 9.59 Å². The fourth-order valence-electron chi connectivity index (χ4n) is 2.25. The minimum atomic E-state index is -0.417.